The second kappa shape index (κ2) is 6.53. The van der Waals surface area contributed by atoms with Crippen LogP contribution in [-0.2, 0) is 7.05 Å². The Morgan fingerprint density at radius 1 is 1.50 bits per heavy atom. The van der Waals surface area contributed by atoms with Crippen LogP contribution in [0.4, 0.5) is 0 Å². The maximum atomic E-state index is 5.90. The Bertz CT molecular complexity index is 296. The summed E-state index contributed by atoms with van der Waals surface area (Å²) >= 11 is 0. The van der Waals surface area contributed by atoms with Crippen LogP contribution in [0, 0.1) is 5.92 Å². The van der Waals surface area contributed by atoms with Gasteiger partial charge in [0.1, 0.15) is 6.10 Å². The molecule has 0 fully saturated rings. The minimum absolute atomic E-state index is 0.204. The van der Waals surface area contributed by atoms with Crippen LogP contribution in [0.15, 0.2) is 12.4 Å². The van der Waals surface area contributed by atoms with E-state index in [-0.39, 0.29) is 6.10 Å². The molecule has 16 heavy (non-hydrogen) atoms. The van der Waals surface area contributed by atoms with Crippen molar-refractivity contribution in [1.82, 2.24) is 15.1 Å². The molecule has 0 saturated carbocycles. The SMILES string of the molecule is CCCNCC(Oc1cnn(C)c1)C(C)C. The van der Waals surface area contributed by atoms with Crippen molar-refractivity contribution in [2.24, 2.45) is 13.0 Å². The number of aryl methyl sites for hydroxylation is 1. The monoisotopic (exact) mass is 225 g/mol. The fourth-order valence-corrected chi connectivity index (χ4v) is 1.47. The minimum Gasteiger partial charge on any atom is -0.486 e. The molecule has 0 aliphatic carbocycles. The van der Waals surface area contributed by atoms with E-state index in [1.165, 1.54) is 0 Å². The zero-order valence-corrected chi connectivity index (χ0v) is 10.7. The topological polar surface area (TPSA) is 39.1 Å². The van der Waals surface area contributed by atoms with Gasteiger partial charge in [0.15, 0.2) is 5.75 Å². The Morgan fingerprint density at radius 2 is 2.25 bits per heavy atom. The van der Waals surface area contributed by atoms with Crippen LogP contribution < -0.4 is 10.1 Å². The number of hydrogen-bond acceptors (Lipinski definition) is 3. The number of hydrogen-bond donors (Lipinski definition) is 1. The lowest BCUT2D eigenvalue weighted by Gasteiger charge is -2.22. The Hall–Kier alpha value is -1.03. The van der Waals surface area contributed by atoms with Gasteiger partial charge in [-0.2, -0.15) is 5.10 Å². The van der Waals surface area contributed by atoms with E-state index in [0.29, 0.717) is 5.92 Å². The van der Waals surface area contributed by atoms with Crippen molar-refractivity contribution in [3.05, 3.63) is 12.4 Å². The predicted molar refractivity (Wildman–Crippen MR) is 65.6 cm³/mol. The molecule has 1 heterocycles. The van der Waals surface area contributed by atoms with Gasteiger partial charge in [0.2, 0.25) is 0 Å². The third kappa shape index (κ3) is 4.23. The van der Waals surface area contributed by atoms with E-state index < -0.39 is 0 Å². The molecule has 0 radical (unpaired) electrons. The van der Waals surface area contributed by atoms with Gasteiger partial charge in [0.25, 0.3) is 0 Å². The highest BCUT2D eigenvalue weighted by molar-refractivity contribution is 5.12. The molecule has 4 nitrogen and oxygen atoms in total. The van der Waals surface area contributed by atoms with Gasteiger partial charge in [-0.15, -0.1) is 0 Å². The van der Waals surface area contributed by atoms with E-state index in [0.717, 1.165) is 25.3 Å². The van der Waals surface area contributed by atoms with Crippen LogP contribution in [0.25, 0.3) is 0 Å². The van der Waals surface area contributed by atoms with Crippen LogP contribution in [0.3, 0.4) is 0 Å². The molecular formula is C12H23N3O. The van der Waals surface area contributed by atoms with Gasteiger partial charge in [-0.3, -0.25) is 4.68 Å². The van der Waals surface area contributed by atoms with Gasteiger partial charge in [-0.25, -0.2) is 0 Å². The van der Waals surface area contributed by atoms with Crippen molar-refractivity contribution in [1.29, 1.82) is 0 Å². The lowest BCUT2D eigenvalue weighted by molar-refractivity contribution is 0.149. The lowest BCUT2D eigenvalue weighted by atomic mass is 10.1. The zero-order chi connectivity index (χ0) is 12.0. The Morgan fingerprint density at radius 3 is 2.75 bits per heavy atom. The summed E-state index contributed by atoms with van der Waals surface area (Å²) in [6.07, 6.45) is 5.01. The summed E-state index contributed by atoms with van der Waals surface area (Å²) in [5, 5.41) is 7.49. The largest absolute Gasteiger partial charge is 0.486 e. The molecule has 0 saturated heterocycles. The lowest BCUT2D eigenvalue weighted by Crippen LogP contribution is -2.35. The van der Waals surface area contributed by atoms with Crippen molar-refractivity contribution >= 4 is 0 Å². The molecule has 1 aromatic heterocycles. The molecule has 1 unspecified atom stereocenters. The summed E-state index contributed by atoms with van der Waals surface area (Å²) in [5.41, 5.74) is 0. The highest BCUT2D eigenvalue weighted by Crippen LogP contribution is 2.14. The van der Waals surface area contributed by atoms with Gasteiger partial charge in [-0.1, -0.05) is 20.8 Å². The summed E-state index contributed by atoms with van der Waals surface area (Å²) in [4.78, 5) is 0. The van der Waals surface area contributed by atoms with Crippen molar-refractivity contribution in [2.75, 3.05) is 13.1 Å². The Balaban J connectivity index is 2.44. The molecule has 1 rings (SSSR count). The molecule has 0 aliphatic heterocycles. The summed E-state index contributed by atoms with van der Waals surface area (Å²) in [6.45, 7) is 8.45. The van der Waals surface area contributed by atoms with Crippen LogP contribution in [-0.4, -0.2) is 29.0 Å². The molecule has 1 N–H and O–H groups in total. The fraction of sp³-hybridized carbons (Fsp3) is 0.750. The van der Waals surface area contributed by atoms with Crippen molar-refractivity contribution in [2.45, 2.75) is 33.3 Å². The first-order valence-corrected chi connectivity index (χ1v) is 5.99. The van der Waals surface area contributed by atoms with E-state index in [1.54, 1.807) is 10.9 Å². The molecule has 1 aromatic rings. The second-order valence-electron chi connectivity index (χ2n) is 4.45. The van der Waals surface area contributed by atoms with Gasteiger partial charge >= 0.3 is 0 Å². The van der Waals surface area contributed by atoms with Gasteiger partial charge in [0.05, 0.1) is 12.4 Å². The third-order valence-corrected chi connectivity index (χ3v) is 2.48. The van der Waals surface area contributed by atoms with Crippen LogP contribution in [0.5, 0.6) is 5.75 Å². The molecule has 1 atom stereocenters. The maximum absolute atomic E-state index is 5.90. The second-order valence-corrected chi connectivity index (χ2v) is 4.45. The molecular weight excluding hydrogens is 202 g/mol. The van der Waals surface area contributed by atoms with Crippen molar-refractivity contribution < 1.29 is 4.74 Å². The third-order valence-electron chi connectivity index (χ3n) is 2.48. The highest BCUT2D eigenvalue weighted by Gasteiger charge is 2.15. The highest BCUT2D eigenvalue weighted by atomic mass is 16.5. The van der Waals surface area contributed by atoms with Crippen LogP contribution >= 0.6 is 0 Å². The minimum atomic E-state index is 0.204. The van der Waals surface area contributed by atoms with Gasteiger partial charge in [0, 0.05) is 13.6 Å². The van der Waals surface area contributed by atoms with Crippen LogP contribution in [0.1, 0.15) is 27.2 Å². The summed E-state index contributed by atoms with van der Waals surface area (Å²) in [5.74, 6) is 1.34. The van der Waals surface area contributed by atoms with Crippen LogP contribution in [0.2, 0.25) is 0 Å². The van der Waals surface area contributed by atoms with Gasteiger partial charge in [-0.05, 0) is 18.9 Å². The Labute approximate surface area is 98.0 Å². The van der Waals surface area contributed by atoms with E-state index in [2.05, 4.69) is 31.2 Å². The molecule has 0 aliphatic rings. The standard InChI is InChI=1S/C12H23N3O/c1-5-6-13-8-12(10(2)3)16-11-7-14-15(4)9-11/h7,9-10,12-13H,5-6,8H2,1-4H3. The van der Waals surface area contributed by atoms with E-state index in [9.17, 15) is 0 Å². The summed E-state index contributed by atoms with van der Waals surface area (Å²) < 4.78 is 7.65. The smallest absolute Gasteiger partial charge is 0.157 e. The van der Waals surface area contributed by atoms with Gasteiger partial charge < -0.3 is 10.1 Å². The first kappa shape index (κ1) is 13.0. The molecule has 0 amide bonds. The zero-order valence-electron chi connectivity index (χ0n) is 10.7. The first-order chi connectivity index (χ1) is 7.63. The number of ether oxygens (including phenoxy) is 1. The molecule has 4 heteroatoms. The van der Waals surface area contributed by atoms with Crippen molar-refractivity contribution in [3.8, 4) is 5.75 Å². The number of rotatable bonds is 7. The molecule has 92 valence electrons. The predicted octanol–water partition coefficient (Wildman–Crippen LogP) is 1.82. The average molecular weight is 225 g/mol. The van der Waals surface area contributed by atoms with E-state index in [1.807, 2.05) is 13.2 Å². The summed E-state index contributed by atoms with van der Waals surface area (Å²) in [7, 11) is 1.90. The fourth-order valence-electron chi connectivity index (χ4n) is 1.47. The summed E-state index contributed by atoms with van der Waals surface area (Å²) in [6, 6.07) is 0. The molecule has 0 spiro atoms. The average Bonchev–Trinajstić information content (AvgIpc) is 2.63. The molecule has 0 aromatic carbocycles. The van der Waals surface area contributed by atoms with E-state index >= 15 is 0 Å². The maximum Gasteiger partial charge on any atom is 0.157 e. The number of nitrogens with one attached hydrogen (secondary N) is 1. The van der Waals surface area contributed by atoms with E-state index in [4.69, 9.17) is 4.74 Å². The number of nitrogens with zero attached hydrogens (tertiary/aromatic N) is 2. The Kier molecular flexibility index (Phi) is 5.32. The quantitative estimate of drug-likeness (QED) is 0.719. The normalized spacial score (nSPS) is 13.1. The first-order valence-electron chi connectivity index (χ1n) is 5.99. The molecule has 0 bridgehead atoms. The van der Waals surface area contributed by atoms with Crippen molar-refractivity contribution in [3.63, 3.8) is 0 Å². The number of aromatic nitrogens is 2.